The Bertz CT molecular complexity index is 729. The SMILES string of the molecule is C=C1c2ccccc2C(=O)N1c1cccc(CC(=O)O)c1. The number of amides is 1. The van der Waals surface area contributed by atoms with E-state index in [9.17, 15) is 9.59 Å². The maximum absolute atomic E-state index is 12.5. The molecule has 0 aromatic heterocycles. The monoisotopic (exact) mass is 279 g/mol. The topological polar surface area (TPSA) is 57.6 Å². The van der Waals surface area contributed by atoms with Crippen molar-refractivity contribution in [2.75, 3.05) is 4.90 Å². The number of carbonyl (C=O) groups is 2. The van der Waals surface area contributed by atoms with Crippen LogP contribution in [0.4, 0.5) is 5.69 Å². The Morgan fingerprint density at radius 2 is 1.81 bits per heavy atom. The first-order chi connectivity index (χ1) is 10.1. The first-order valence-corrected chi connectivity index (χ1v) is 6.51. The molecular weight excluding hydrogens is 266 g/mol. The van der Waals surface area contributed by atoms with Crippen LogP contribution in [0.25, 0.3) is 5.70 Å². The van der Waals surface area contributed by atoms with Gasteiger partial charge in [0.2, 0.25) is 0 Å². The Morgan fingerprint density at radius 1 is 1.10 bits per heavy atom. The fraction of sp³-hybridized carbons (Fsp3) is 0.0588. The second-order valence-electron chi connectivity index (χ2n) is 4.87. The molecule has 104 valence electrons. The number of anilines is 1. The smallest absolute Gasteiger partial charge is 0.307 e. The lowest BCUT2D eigenvalue weighted by Crippen LogP contribution is -2.22. The summed E-state index contributed by atoms with van der Waals surface area (Å²) < 4.78 is 0. The van der Waals surface area contributed by atoms with E-state index in [0.29, 0.717) is 22.5 Å². The zero-order valence-corrected chi connectivity index (χ0v) is 11.2. The maximum atomic E-state index is 12.5. The normalized spacial score (nSPS) is 13.4. The molecule has 1 N–H and O–H groups in total. The lowest BCUT2D eigenvalue weighted by Gasteiger charge is -2.18. The largest absolute Gasteiger partial charge is 0.481 e. The number of hydrogen-bond donors (Lipinski definition) is 1. The maximum Gasteiger partial charge on any atom is 0.307 e. The molecular formula is C17H13NO3. The highest BCUT2D eigenvalue weighted by Crippen LogP contribution is 2.35. The minimum Gasteiger partial charge on any atom is -0.481 e. The van der Waals surface area contributed by atoms with Crippen LogP contribution in [0.1, 0.15) is 21.5 Å². The van der Waals surface area contributed by atoms with E-state index in [-0.39, 0.29) is 12.3 Å². The van der Waals surface area contributed by atoms with Crippen molar-refractivity contribution in [1.82, 2.24) is 0 Å². The van der Waals surface area contributed by atoms with E-state index in [1.54, 1.807) is 30.3 Å². The predicted molar refractivity (Wildman–Crippen MR) is 80.1 cm³/mol. The van der Waals surface area contributed by atoms with E-state index in [4.69, 9.17) is 5.11 Å². The highest BCUT2D eigenvalue weighted by Gasteiger charge is 2.31. The van der Waals surface area contributed by atoms with Crippen molar-refractivity contribution in [3.8, 4) is 0 Å². The molecule has 0 bridgehead atoms. The van der Waals surface area contributed by atoms with Crippen LogP contribution in [0.15, 0.2) is 55.1 Å². The molecule has 2 aromatic carbocycles. The highest BCUT2D eigenvalue weighted by molar-refractivity contribution is 6.22. The third-order valence-corrected chi connectivity index (χ3v) is 3.47. The molecule has 0 unspecified atom stereocenters. The number of carboxylic acid groups (broad SMARTS) is 1. The van der Waals surface area contributed by atoms with Gasteiger partial charge in [-0.05, 0) is 23.8 Å². The number of carboxylic acids is 1. The lowest BCUT2D eigenvalue weighted by molar-refractivity contribution is -0.136. The van der Waals surface area contributed by atoms with Crippen LogP contribution in [-0.2, 0) is 11.2 Å². The van der Waals surface area contributed by atoms with Crippen LogP contribution in [0, 0.1) is 0 Å². The van der Waals surface area contributed by atoms with E-state index in [1.807, 2.05) is 18.2 Å². The van der Waals surface area contributed by atoms with Gasteiger partial charge in [-0.3, -0.25) is 14.5 Å². The molecule has 0 radical (unpaired) electrons. The molecule has 4 nitrogen and oxygen atoms in total. The van der Waals surface area contributed by atoms with Gasteiger partial charge in [0, 0.05) is 16.8 Å². The molecule has 1 aliphatic heterocycles. The van der Waals surface area contributed by atoms with Gasteiger partial charge in [0.05, 0.1) is 12.1 Å². The Morgan fingerprint density at radius 3 is 2.48 bits per heavy atom. The fourth-order valence-corrected chi connectivity index (χ4v) is 2.54. The molecule has 0 spiro atoms. The van der Waals surface area contributed by atoms with E-state index < -0.39 is 5.97 Å². The summed E-state index contributed by atoms with van der Waals surface area (Å²) in [6, 6.07) is 14.3. The van der Waals surface area contributed by atoms with Gasteiger partial charge < -0.3 is 5.11 Å². The molecule has 0 fully saturated rings. The molecule has 1 aliphatic rings. The second-order valence-corrected chi connectivity index (χ2v) is 4.87. The van der Waals surface area contributed by atoms with E-state index in [1.165, 1.54) is 4.90 Å². The summed E-state index contributed by atoms with van der Waals surface area (Å²) in [6.07, 6.45) is -0.0741. The van der Waals surface area contributed by atoms with Crippen molar-refractivity contribution >= 4 is 23.3 Å². The van der Waals surface area contributed by atoms with Crippen molar-refractivity contribution in [3.05, 3.63) is 71.8 Å². The first kappa shape index (κ1) is 13.1. The van der Waals surface area contributed by atoms with Gasteiger partial charge in [0.1, 0.15) is 0 Å². The molecule has 1 heterocycles. The molecule has 1 amide bonds. The number of hydrogen-bond acceptors (Lipinski definition) is 2. The van der Waals surface area contributed by atoms with Gasteiger partial charge in [-0.15, -0.1) is 0 Å². The van der Waals surface area contributed by atoms with Crippen LogP contribution >= 0.6 is 0 Å². The fourth-order valence-electron chi connectivity index (χ4n) is 2.54. The van der Waals surface area contributed by atoms with Crippen molar-refractivity contribution in [2.45, 2.75) is 6.42 Å². The number of benzene rings is 2. The average Bonchev–Trinajstić information content (AvgIpc) is 2.71. The quantitative estimate of drug-likeness (QED) is 0.939. The summed E-state index contributed by atoms with van der Waals surface area (Å²) in [7, 11) is 0. The Kier molecular flexibility index (Phi) is 3.06. The molecule has 0 saturated carbocycles. The number of aliphatic carboxylic acids is 1. The van der Waals surface area contributed by atoms with Crippen molar-refractivity contribution in [1.29, 1.82) is 0 Å². The Balaban J connectivity index is 2.01. The minimum atomic E-state index is -0.901. The van der Waals surface area contributed by atoms with Crippen LogP contribution in [0.2, 0.25) is 0 Å². The zero-order chi connectivity index (χ0) is 15.0. The molecule has 3 rings (SSSR count). The van der Waals surface area contributed by atoms with Crippen LogP contribution in [0.3, 0.4) is 0 Å². The minimum absolute atomic E-state index is 0.0741. The van der Waals surface area contributed by atoms with Gasteiger partial charge in [-0.2, -0.15) is 0 Å². The Hall–Kier alpha value is -2.88. The summed E-state index contributed by atoms with van der Waals surface area (Å²) in [5, 5.41) is 8.87. The second kappa shape index (κ2) is 4.90. The number of nitrogens with zero attached hydrogens (tertiary/aromatic N) is 1. The summed E-state index contributed by atoms with van der Waals surface area (Å²) in [5.41, 5.74) is 3.33. The third-order valence-electron chi connectivity index (χ3n) is 3.47. The lowest BCUT2D eigenvalue weighted by atomic mass is 10.1. The zero-order valence-electron chi connectivity index (χ0n) is 11.2. The molecule has 4 heteroatoms. The van der Waals surface area contributed by atoms with E-state index in [0.717, 1.165) is 5.56 Å². The molecule has 0 saturated heterocycles. The van der Waals surface area contributed by atoms with Gasteiger partial charge in [-0.25, -0.2) is 0 Å². The van der Waals surface area contributed by atoms with Crippen molar-refractivity contribution in [3.63, 3.8) is 0 Å². The van der Waals surface area contributed by atoms with Crippen molar-refractivity contribution in [2.24, 2.45) is 0 Å². The average molecular weight is 279 g/mol. The molecule has 0 atom stereocenters. The molecule has 21 heavy (non-hydrogen) atoms. The number of carbonyl (C=O) groups excluding carboxylic acids is 1. The van der Waals surface area contributed by atoms with Gasteiger partial charge in [-0.1, -0.05) is 36.9 Å². The van der Waals surface area contributed by atoms with Gasteiger partial charge in [0.25, 0.3) is 5.91 Å². The van der Waals surface area contributed by atoms with E-state index >= 15 is 0 Å². The van der Waals surface area contributed by atoms with Gasteiger partial charge in [0.15, 0.2) is 0 Å². The van der Waals surface area contributed by atoms with Crippen molar-refractivity contribution < 1.29 is 14.7 Å². The van der Waals surface area contributed by atoms with Crippen LogP contribution in [-0.4, -0.2) is 17.0 Å². The third kappa shape index (κ3) is 2.21. The summed E-state index contributed by atoms with van der Waals surface area (Å²) in [6.45, 7) is 3.98. The summed E-state index contributed by atoms with van der Waals surface area (Å²) in [4.78, 5) is 24.8. The molecule has 0 aliphatic carbocycles. The van der Waals surface area contributed by atoms with E-state index in [2.05, 4.69) is 6.58 Å². The van der Waals surface area contributed by atoms with Crippen LogP contribution in [0.5, 0.6) is 0 Å². The summed E-state index contributed by atoms with van der Waals surface area (Å²) in [5.74, 6) is -1.04. The van der Waals surface area contributed by atoms with Gasteiger partial charge >= 0.3 is 5.97 Å². The summed E-state index contributed by atoms with van der Waals surface area (Å²) >= 11 is 0. The van der Waals surface area contributed by atoms with Crippen LogP contribution < -0.4 is 4.90 Å². The number of fused-ring (bicyclic) bond motifs is 1. The molecule has 2 aromatic rings. The Labute approximate surface area is 121 Å². The predicted octanol–water partition coefficient (Wildman–Crippen LogP) is 2.94. The highest BCUT2D eigenvalue weighted by atomic mass is 16.4. The standard InChI is InChI=1S/C17H13NO3/c1-11-14-7-2-3-8-15(14)17(21)18(11)13-6-4-5-12(9-13)10-16(19)20/h2-9H,1,10H2,(H,19,20). The first-order valence-electron chi connectivity index (χ1n) is 6.51. The number of rotatable bonds is 3.